The molecule has 0 spiro atoms. The molecule has 0 aliphatic carbocycles. The van der Waals surface area contributed by atoms with Crippen LogP contribution in [0.15, 0.2) is 12.2 Å². The van der Waals surface area contributed by atoms with Crippen LogP contribution in [0.1, 0.15) is 26.2 Å². The van der Waals surface area contributed by atoms with Crippen LogP contribution in [0.25, 0.3) is 0 Å². The van der Waals surface area contributed by atoms with Crippen LogP contribution in [0.2, 0.25) is 0 Å². The molecule has 0 aromatic rings. The van der Waals surface area contributed by atoms with Crippen molar-refractivity contribution in [2.24, 2.45) is 0 Å². The van der Waals surface area contributed by atoms with E-state index in [9.17, 15) is 4.79 Å². The van der Waals surface area contributed by atoms with Gasteiger partial charge < -0.3 is 14.2 Å². The lowest BCUT2D eigenvalue weighted by Gasteiger charge is -2.22. The predicted octanol–water partition coefficient (Wildman–Crippen LogP) is 1.65. The minimum atomic E-state index is -0.395. The molecule has 1 fully saturated rings. The van der Waals surface area contributed by atoms with E-state index in [0.717, 1.165) is 25.9 Å². The molecule has 1 saturated heterocycles. The molecular weight excluding hydrogens is 196 g/mol. The molecule has 0 N–H and O–H groups in total. The molecule has 86 valence electrons. The van der Waals surface area contributed by atoms with Crippen molar-refractivity contribution >= 4 is 5.97 Å². The van der Waals surface area contributed by atoms with E-state index < -0.39 is 5.97 Å². The Kier molecular flexibility index (Phi) is 5.36. The lowest BCUT2D eigenvalue weighted by atomic mass is 10.2. The van der Waals surface area contributed by atoms with E-state index in [1.54, 1.807) is 6.92 Å². The Hall–Kier alpha value is -0.870. The Bertz CT molecular complexity index is 219. The average Bonchev–Trinajstić information content (AvgIpc) is 2.27. The number of esters is 1. The monoisotopic (exact) mass is 214 g/mol. The molecule has 15 heavy (non-hydrogen) atoms. The van der Waals surface area contributed by atoms with Crippen molar-refractivity contribution < 1.29 is 19.0 Å². The van der Waals surface area contributed by atoms with Crippen LogP contribution < -0.4 is 0 Å². The number of carbonyl (C=O) groups excluding carboxylic acids is 1. The maximum absolute atomic E-state index is 11.2. The van der Waals surface area contributed by atoms with E-state index in [1.807, 2.05) is 0 Å². The number of hydrogen-bond acceptors (Lipinski definition) is 4. The van der Waals surface area contributed by atoms with E-state index in [0.29, 0.717) is 12.2 Å². The Balaban J connectivity index is 2.17. The van der Waals surface area contributed by atoms with Crippen LogP contribution in [0.5, 0.6) is 0 Å². The van der Waals surface area contributed by atoms with Gasteiger partial charge in [-0.3, -0.25) is 0 Å². The zero-order valence-corrected chi connectivity index (χ0v) is 9.16. The van der Waals surface area contributed by atoms with Gasteiger partial charge in [0.1, 0.15) is 0 Å². The highest BCUT2D eigenvalue weighted by Crippen LogP contribution is 2.14. The van der Waals surface area contributed by atoms with E-state index in [1.165, 1.54) is 0 Å². The molecule has 4 heteroatoms. The van der Waals surface area contributed by atoms with E-state index in [4.69, 9.17) is 14.2 Å². The van der Waals surface area contributed by atoms with Crippen LogP contribution in [0, 0.1) is 0 Å². The fourth-order valence-corrected chi connectivity index (χ4v) is 1.33. The molecule has 0 bridgehead atoms. The number of rotatable bonds is 5. The second-order valence-electron chi connectivity index (χ2n) is 3.43. The van der Waals surface area contributed by atoms with Gasteiger partial charge in [-0.25, -0.2) is 4.79 Å². The average molecular weight is 214 g/mol. The first-order valence-electron chi connectivity index (χ1n) is 5.32. The third-order valence-electron chi connectivity index (χ3n) is 2.15. The summed E-state index contributed by atoms with van der Waals surface area (Å²) in [7, 11) is 0. The highest BCUT2D eigenvalue weighted by atomic mass is 16.7. The quantitative estimate of drug-likeness (QED) is 0.515. The van der Waals surface area contributed by atoms with Crippen molar-refractivity contribution in [1.29, 1.82) is 0 Å². The Morgan fingerprint density at radius 2 is 2.33 bits per heavy atom. The van der Waals surface area contributed by atoms with Crippen molar-refractivity contribution in [2.45, 2.75) is 32.5 Å². The van der Waals surface area contributed by atoms with Gasteiger partial charge in [0.05, 0.1) is 18.8 Å². The zero-order valence-electron chi connectivity index (χ0n) is 9.16. The van der Waals surface area contributed by atoms with Gasteiger partial charge in [0.2, 0.25) is 0 Å². The highest BCUT2D eigenvalue weighted by molar-refractivity contribution is 5.87. The number of ether oxygens (including phenoxy) is 3. The van der Waals surface area contributed by atoms with Gasteiger partial charge in [-0.1, -0.05) is 6.58 Å². The second-order valence-corrected chi connectivity index (χ2v) is 3.43. The Labute approximate surface area is 90.2 Å². The van der Waals surface area contributed by atoms with Gasteiger partial charge in [-0.05, 0) is 26.2 Å². The van der Waals surface area contributed by atoms with Gasteiger partial charge >= 0.3 is 5.97 Å². The SMILES string of the molecule is C=C(COC1CCCCO1)C(=O)OCC. The first-order chi connectivity index (χ1) is 7.24. The Morgan fingerprint density at radius 1 is 1.53 bits per heavy atom. The fraction of sp³-hybridized carbons (Fsp3) is 0.727. The topological polar surface area (TPSA) is 44.8 Å². The zero-order chi connectivity index (χ0) is 11.1. The second kappa shape index (κ2) is 6.58. The van der Waals surface area contributed by atoms with Crippen molar-refractivity contribution in [1.82, 2.24) is 0 Å². The van der Waals surface area contributed by atoms with Crippen LogP contribution in [-0.2, 0) is 19.0 Å². The summed E-state index contributed by atoms with van der Waals surface area (Å²) in [6, 6.07) is 0. The first kappa shape index (κ1) is 12.2. The standard InChI is InChI=1S/C11H18O4/c1-3-13-11(12)9(2)8-15-10-6-4-5-7-14-10/h10H,2-8H2,1H3. The molecule has 1 rings (SSSR count). The molecule has 0 aromatic heterocycles. The van der Waals surface area contributed by atoms with Crippen molar-refractivity contribution in [2.75, 3.05) is 19.8 Å². The molecule has 0 saturated carbocycles. The normalized spacial score (nSPS) is 21.0. The van der Waals surface area contributed by atoms with Crippen molar-refractivity contribution in [3.8, 4) is 0 Å². The maximum Gasteiger partial charge on any atom is 0.335 e. The lowest BCUT2D eigenvalue weighted by molar-refractivity contribution is -0.160. The highest BCUT2D eigenvalue weighted by Gasteiger charge is 2.16. The molecular formula is C11H18O4. The molecule has 1 heterocycles. The van der Waals surface area contributed by atoms with Crippen LogP contribution in [0.3, 0.4) is 0 Å². The Morgan fingerprint density at radius 3 is 2.93 bits per heavy atom. The summed E-state index contributed by atoms with van der Waals surface area (Å²) in [6.45, 7) is 6.64. The van der Waals surface area contributed by atoms with Crippen LogP contribution >= 0.6 is 0 Å². The molecule has 0 amide bonds. The van der Waals surface area contributed by atoms with E-state index >= 15 is 0 Å². The molecule has 4 nitrogen and oxygen atoms in total. The molecule has 0 aromatic carbocycles. The van der Waals surface area contributed by atoms with Gasteiger partial charge in [0.25, 0.3) is 0 Å². The summed E-state index contributed by atoms with van der Waals surface area (Å²) in [5.41, 5.74) is 0.339. The third kappa shape index (κ3) is 4.44. The molecule has 0 radical (unpaired) electrons. The van der Waals surface area contributed by atoms with Crippen LogP contribution in [-0.4, -0.2) is 32.1 Å². The van der Waals surface area contributed by atoms with Crippen molar-refractivity contribution in [3.05, 3.63) is 12.2 Å². The van der Waals surface area contributed by atoms with Gasteiger partial charge in [-0.15, -0.1) is 0 Å². The first-order valence-corrected chi connectivity index (χ1v) is 5.32. The van der Waals surface area contributed by atoms with Gasteiger partial charge in [0, 0.05) is 6.61 Å². The minimum absolute atomic E-state index is 0.184. The summed E-state index contributed by atoms with van der Waals surface area (Å²) < 4.78 is 15.5. The summed E-state index contributed by atoms with van der Waals surface area (Å²) >= 11 is 0. The number of hydrogen-bond donors (Lipinski definition) is 0. The summed E-state index contributed by atoms with van der Waals surface area (Å²) in [5.74, 6) is -0.395. The van der Waals surface area contributed by atoms with E-state index in [2.05, 4.69) is 6.58 Å². The van der Waals surface area contributed by atoms with Crippen LogP contribution in [0.4, 0.5) is 0 Å². The van der Waals surface area contributed by atoms with Gasteiger partial charge in [0.15, 0.2) is 6.29 Å². The number of carbonyl (C=O) groups is 1. The maximum atomic E-state index is 11.2. The van der Waals surface area contributed by atoms with E-state index in [-0.39, 0.29) is 12.9 Å². The fourth-order valence-electron chi connectivity index (χ4n) is 1.33. The largest absolute Gasteiger partial charge is 0.463 e. The lowest BCUT2D eigenvalue weighted by Crippen LogP contribution is -2.24. The van der Waals surface area contributed by atoms with Gasteiger partial charge in [-0.2, -0.15) is 0 Å². The molecule has 1 aliphatic rings. The predicted molar refractivity (Wildman–Crippen MR) is 55.3 cm³/mol. The smallest absolute Gasteiger partial charge is 0.335 e. The third-order valence-corrected chi connectivity index (χ3v) is 2.15. The van der Waals surface area contributed by atoms with Crippen molar-refractivity contribution in [3.63, 3.8) is 0 Å². The molecule has 1 unspecified atom stereocenters. The summed E-state index contributed by atoms with van der Waals surface area (Å²) in [6.07, 6.45) is 2.88. The minimum Gasteiger partial charge on any atom is -0.463 e. The summed E-state index contributed by atoms with van der Waals surface area (Å²) in [5, 5.41) is 0. The molecule has 1 aliphatic heterocycles. The summed E-state index contributed by atoms with van der Waals surface area (Å²) in [4.78, 5) is 11.2. The molecule has 1 atom stereocenters.